The van der Waals surface area contributed by atoms with Crippen LogP contribution in [-0.4, -0.2) is 25.3 Å². The zero-order valence-electron chi connectivity index (χ0n) is 14.9. The van der Waals surface area contributed by atoms with Crippen molar-refractivity contribution in [2.45, 2.75) is 17.8 Å². The number of thioether (sulfide) groups is 1. The Morgan fingerprint density at radius 1 is 0.929 bits per heavy atom. The second-order valence-electron chi connectivity index (χ2n) is 6.19. The van der Waals surface area contributed by atoms with Gasteiger partial charge in [0.2, 0.25) is 0 Å². The third-order valence-corrected chi connectivity index (χ3v) is 5.17. The molecule has 8 heteroatoms. The van der Waals surface area contributed by atoms with Crippen molar-refractivity contribution in [1.82, 2.24) is 25.3 Å². The number of H-pyrrole nitrogens is 1. The molecule has 0 aliphatic heterocycles. The maximum absolute atomic E-state index is 5.49. The number of aromatic nitrogens is 5. The number of fused-ring (bicyclic) bond motifs is 1. The van der Waals surface area contributed by atoms with Gasteiger partial charge in [-0.2, -0.15) is 4.98 Å². The molecular formula is C20H15N5O2S. The van der Waals surface area contributed by atoms with Crippen LogP contribution in [0.3, 0.4) is 0 Å². The van der Waals surface area contributed by atoms with Crippen LogP contribution in [0.25, 0.3) is 33.7 Å². The molecule has 3 aromatic heterocycles. The normalized spacial score (nSPS) is 11.3. The van der Waals surface area contributed by atoms with Gasteiger partial charge in [0, 0.05) is 5.56 Å². The predicted molar refractivity (Wildman–Crippen MR) is 106 cm³/mol. The van der Waals surface area contributed by atoms with Crippen LogP contribution in [0.5, 0.6) is 0 Å². The predicted octanol–water partition coefficient (Wildman–Crippen LogP) is 4.87. The second kappa shape index (κ2) is 6.97. The van der Waals surface area contributed by atoms with Gasteiger partial charge in [-0.05, 0) is 19.1 Å². The Kier molecular flexibility index (Phi) is 4.17. The number of aromatic amines is 1. The molecule has 0 unspecified atom stereocenters. The van der Waals surface area contributed by atoms with Gasteiger partial charge >= 0.3 is 0 Å². The highest BCUT2D eigenvalue weighted by atomic mass is 32.2. The molecular weight excluding hydrogens is 374 g/mol. The van der Waals surface area contributed by atoms with E-state index in [-0.39, 0.29) is 0 Å². The molecule has 28 heavy (non-hydrogen) atoms. The summed E-state index contributed by atoms with van der Waals surface area (Å²) in [5.74, 6) is 2.16. The summed E-state index contributed by atoms with van der Waals surface area (Å²) in [5.41, 5.74) is 4.29. The zero-order chi connectivity index (χ0) is 18.9. The van der Waals surface area contributed by atoms with Gasteiger partial charge < -0.3 is 14.0 Å². The van der Waals surface area contributed by atoms with Crippen molar-refractivity contribution < 1.29 is 9.05 Å². The maximum atomic E-state index is 5.49. The summed E-state index contributed by atoms with van der Waals surface area (Å²) in [4.78, 5) is 12.4. The quantitative estimate of drug-likeness (QED) is 0.429. The van der Waals surface area contributed by atoms with E-state index in [2.05, 4.69) is 25.3 Å². The van der Waals surface area contributed by atoms with Crippen molar-refractivity contribution in [2.75, 3.05) is 0 Å². The van der Waals surface area contributed by atoms with Gasteiger partial charge in [0.15, 0.2) is 11.0 Å². The van der Waals surface area contributed by atoms with Crippen LogP contribution in [0.1, 0.15) is 11.6 Å². The number of hydrogen-bond acceptors (Lipinski definition) is 7. The van der Waals surface area contributed by atoms with Crippen LogP contribution in [0.4, 0.5) is 0 Å². The fraction of sp³-hybridized carbons (Fsp3) is 0.100. The Bertz CT molecular complexity index is 1210. The maximum Gasteiger partial charge on any atom is 0.263 e. The molecule has 0 atom stereocenters. The van der Waals surface area contributed by atoms with Gasteiger partial charge in [0.05, 0.1) is 16.8 Å². The van der Waals surface area contributed by atoms with E-state index in [0.29, 0.717) is 28.9 Å². The van der Waals surface area contributed by atoms with Gasteiger partial charge in [-0.1, -0.05) is 64.5 Å². The highest BCUT2D eigenvalue weighted by Crippen LogP contribution is 2.33. The minimum atomic E-state index is 0.401. The lowest BCUT2D eigenvalue weighted by atomic mass is 10.1. The van der Waals surface area contributed by atoms with E-state index in [0.717, 1.165) is 27.3 Å². The highest BCUT2D eigenvalue weighted by molar-refractivity contribution is 7.98. The Labute approximate surface area is 164 Å². The largest absolute Gasteiger partial charge is 0.360 e. The van der Waals surface area contributed by atoms with Crippen molar-refractivity contribution in [3.05, 3.63) is 66.2 Å². The molecule has 0 aliphatic rings. The summed E-state index contributed by atoms with van der Waals surface area (Å²) in [6.07, 6.45) is 0. The summed E-state index contributed by atoms with van der Waals surface area (Å²) < 4.78 is 10.9. The SMILES string of the molecule is Cc1onc(-c2ccccc2)c1-c1nc(CSc2nc3ccccc3[nH]2)no1. The van der Waals surface area contributed by atoms with Gasteiger partial charge in [0.25, 0.3) is 5.89 Å². The van der Waals surface area contributed by atoms with Crippen molar-refractivity contribution >= 4 is 22.8 Å². The number of aryl methyl sites for hydroxylation is 1. The number of benzene rings is 2. The van der Waals surface area contributed by atoms with Gasteiger partial charge in [0.1, 0.15) is 17.0 Å². The minimum absolute atomic E-state index is 0.401. The lowest BCUT2D eigenvalue weighted by molar-refractivity contribution is 0.397. The summed E-state index contributed by atoms with van der Waals surface area (Å²) in [7, 11) is 0. The van der Waals surface area contributed by atoms with Crippen molar-refractivity contribution in [1.29, 1.82) is 0 Å². The molecule has 1 N–H and O–H groups in total. The first-order valence-corrected chi connectivity index (χ1v) is 9.69. The van der Waals surface area contributed by atoms with E-state index in [1.54, 1.807) is 0 Å². The van der Waals surface area contributed by atoms with E-state index in [1.165, 1.54) is 11.8 Å². The van der Waals surface area contributed by atoms with Crippen LogP contribution in [0.2, 0.25) is 0 Å². The first-order valence-electron chi connectivity index (χ1n) is 8.70. The minimum Gasteiger partial charge on any atom is -0.360 e. The molecule has 5 aromatic rings. The van der Waals surface area contributed by atoms with Crippen LogP contribution in [0.15, 0.2) is 68.8 Å². The molecule has 3 heterocycles. The molecule has 0 aliphatic carbocycles. The molecule has 0 spiro atoms. The van der Waals surface area contributed by atoms with Gasteiger partial charge in [-0.25, -0.2) is 4.98 Å². The van der Waals surface area contributed by atoms with Gasteiger partial charge in [-0.15, -0.1) is 0 Å². The molecule has 0 bridgehead atoms. The molecule has 0 radical (unpaired) electrons. The average Bonchev–Trinajstić information content (AvgIpc) is 3.44. The third-order valence-electron chi connectivity index (χ3n) is 4.30. The van der Waals surface area contributed by atoms with Crippen LogP contribution < -0.4 is 0 Å². The number of para-hydroxylation sites is 2. The molecule has 138 valence electrons. The van der Waals surface area contributed by atoms with Gasteiger partial charge in [-0.3, -0.25) is 0 Å². The lowest BCUT2D eigenvalue weighted by Crippen LogP contribution is -1.87. The Morgan fingerprint density at radius 2 is 1.75 bits per heavy atom. The number of nitrogens with one attached hydrogen (secondary N) is 1. The first kappa shape index (κ1) is 16.8. The summed E-state index contributed by atoms with van der Waals surface area (Å²) in [6.45, 7) is 1.84. The number of rotatable bonds is 5. The summed E-state index contributed by atoms with van der Waals surface area (Å²) in [6, 6.07) is 17.7. The number of imidazole rings is 1. The lowest BCUT2D eigenvalue weighted by Gasteiger charge is -1.97. The highest BCUT2D eigenvalue weighted by Gasteiger charge is 2.22. The van der Waals surface area contributed by atoms with E-state index in [4.69, 9.17) is 9.05 Å². The van der Waals surface area contributed by atoms with Crippen molar-refractivity contribution in [3.63, 3.8) is 0 Å². The Hall–Kier alpha value is -3.39. The number of hydrogen-bond donors (Lipinski definition) is 1. The van der Waals surface area contributed by atoms with Crippen LogP contribution in [0, 0.1) is 6.92 Å². The summed E-state index contributed by atoms with van der Waals surface area (Å²) >= 11 is 1.52. The number of nitrogens with zero attached hydrogens (tertiary/aromatic N) is 4. The fourth-order valence-corrected chi connectivity index (χ4v) is 3.69. The average molecular weight is 389 g/mol. The molecule has 0 fully saturated rings. The first-order chi connectivity index (χ1) is 13.8. The topological polar surface area (TPSA) is 93.6 Å². The monoisotopic (exact) mass is 389 g/mol. The zero-order valence-corrected chi connectivity index (χ0v) is 15.7. The molecule has 0 amide bonds. The van der Waals surface area contributed by atoms with Crippen LogP contribution in [-0.2, 0) is 5.75 Å². The van der Waals surface area contributed by atoms with Crippen LogP contribution >= 0.6 is 11.8 Å². The molecule has 5 rings (SSSR count). The van der Waals surface area contributed by atoms with E-state index in [1.807, 2.05) is 61.5 Å². The Balaban J connectivity index is 1.39. The van der Waals surface area contributed by atoms with E-state index < -0.39 is 0 Å². The fourth-order valence-electron chi connectivity index (χ4n) is 2.96. The van der Waals surface area contributed by atoms with E-state index in [9.17, 15) is 0 Å². The molecule has 0 saturated heterocycles. The van der Waals surface area contributed by atoms with Crippen molar-refractivity contribution in [2.24, 2.45) is 0 Å². The second-order valence-corrected chi connectivity index (χ2v) is 7.16. The molecule has 2 aromatic carbocycles. The molecule has 0 saturated carbocycles. The smallest absolute Gasteiger partial charge is 0.263 e. The van der Waals surface area contributed by atoms with E-state index >= 15 is 0 Å². The third kappa shape index (κ3) is 3.07. The summed E-state index contributed by atoms with van der Waals surface area (Å²) in [5, 5.41) is 9.08. The standard InChI is InChI=1S/C20H15N5O2S/c1-12-17(18(25-26-12)13-7-3-2-4-8-13)19-23-16(24-27-19)11-28-20-21-14-9-5-6-10-15(14)22-20/h2-10H,11H2,1H3,(H,21,22). The Morgan fingerprint density at radius 3 is 2.61 bits per heavy atom. The van der Waals surface area contributed by atoms with Crippen molar-refractivity contribution in [3.8, 4) is 22.7 Å². The molecule has 7 nitrogen and oxygen atoms in total.